The van der Waals surface area contributed by atoms with E-state index in [1.807, 2.05) is 17.2 Å². The first-order valence-electron chi connectivity index (χ1n) is 11.5. The number of nitrogens with zero attached hydrogens (tertiary/aromatic N) is 3. The van der Waals surface area contributed by atoms with Gasteiger partial charge in [-0.3, -0.25) is 4.79 Å². The molecule has 2 aliphatic heterocycles. The number of amides is 1. The maximum Gasteiger partial charge on any atom is 0.264 e. The van der Waals surface area contributed by atoms with Gasteiger partial charge in [0.05, 0.1) is 10.6 Å². The van der Waals surface area contributed by atoms with Gasteiger partial charge in [0.2, 0.25) is 0 Å². The van der Waals surface area contributed by atoms with E-state index in [2.05, 4.69) is 74.4 Å². The van der Waals surface area contributed by atoms with Gasteiger partial charge in [-0.05, 0) is 47.7 Å². The molecular formula is C26H31N5OS. The Labute approximate surface area is 199 Å². The number of fused-ring (bicyclic) bond motifs is 3. The number of aliphatic imine (C=N–C) groups is 1. The molecule has 6 nitrogen and oxygen atoms in total. The molecule has 1 saturated heterocycles. The second kappa shape index (κ2) is 8.15. The van der Waals surface area contributed by atoms with Crippen molar-refractivity contribution in [3.63, 3.8) is 0 Å². The van der Waals surface area contributed by atoms with Gasteiger partial charge in [0, 0.05) is 53.7 Å². The van der Waals surface area contributed by atoms with E-state index in [0.29, 0.717) is 6.54 Å². The Balaban J connectivity index is 1.44. The summed E-state index contributed by atoms with van der Waals surface area (Å²) >= 11 is 1.55. The summed E-state index contributed by atoms with van der Waals surface area (Å²) in [6.45, 7) is 8.02. The fourth-order valence-corrected chi connectivity index (χ4v) is 5.61. The van der Waals surface area contributed by atoms with E-state index in [-0.39, 0.29) is 23.7 Å². The Kier molecular flexibility index (Phi) is 5.41. The monoisotopic (exact) mass is 461 g/mol. The second-order valence-corrected chi connectivity index (χ2v) is 11.1. The van der Waals surface area contributed by atoms with Crippen molar-refractivity contribution in [2.45, 2.75) is 44.9 Å². The lowest BCUT2D eigenvalue weighted by molar-refractivity contribution is 0.0795. The lowest BCUT2D eigenvalue weighted by Gasteiger charge is -2.33. The first-order valence-corrected chi connectivity index (χ1v) is 12.3. The molecule has 5 rings (SSSR count). The minimum atomic E-state index is -0.228. The number of nitrogens with one attached hydrogen (secondary N) is 1. The molecule has 2 aromatic carbocycles. The van der Waals surface area contributed by atoms with Gasteiger partial charge >= 0.3 is 0 Å². The van der Waals surface area contributed by atoms with Gasteiger partial charge < -0.3 is 20.9 Å². The van der Waals surface area contributed by atoms with E-state index in [1.165, 1.54) is 5.56 Å². The van der Waals surface area contributed by atoms with Crippen molar-refractivity contribution in [3.8, 4) is 0 Å². The van der Waals surface area contributed by atoms with Crippen molar-refractivity contribution in [1.82, 2.24) is 4.90 Å². The van der Waals surface area contributed by atoms with Crippen molar-refractivity contribution in [2.75, 3.05) is 30.4 Å². The minimum absolute atomic E-state index is 0.0804. The lowest BCUT2D eigenvalue weighted by Crippen LogP contribution is -2.39. The quantitative estimate of drug-likeness (QED) is 0.596. The van der Waals surface area contributed by atoms with Crippen molar-refractivity contribution in [3.05, 3.63) is 58.5 Å². The van der Waals surface area contributed by atoms with Crippen LogP contribution in [0.1, 0.15) is 48.0 Å². The van der Waals surface area contributed by atoms with Crippen LogP contribution in [-0.2, 0) is 5.41 Å². The van der Waals surface area contributed by atoms with Crippen molar-refractivity contribution in [2.24, 2.45) is 10.7 Å². The number of nitrogens with two attached hydrogens (primary N) is 1. The molecule has 2 aliphatic rings. The number of rotatable bonds is 3. The molecule has 2 unspecified atom stereocenters. The Morgan fingerprint density at radius 3 is 2.76 bits per heavy atom. The molecule has 3 heterocycles. The van der Waals surface area contributed by atoms with Gasteiger partial charge in [0.15, 0.2) is 6.29 Å². The van der Waals surface area contributed by atoms with Gasteiger partial charge in [-0.25, -0.2) is 4.99 Å². The molecule has 7 heteroatoms. The highest BCUT2D eigenvalue weighted by molar-refractivity contribution is 7.20. The van der Waals surface area contributed by atoms with Crippen LogP contribution in [-0.4, -0.2) is 49.5 Å². The molecule has 0 saturated carbocycles. The molecule has 1 fully saturated rings. The molecule has 3 aromatic rings. The van der Waals surface area contributed by atoms with Gasteiger partial charge in [-0.2, -0.15) is 0 Å². The Hall–Kier alpha value is -2.90. The number of anilines is 2. The number of thiophene rings is 1. The van der Waals surface area contributed by atoms with Crippen molar-refractivity contribution in [1.29, 1.82) is 0 Å². The molecule has 1 amide bonds. The minimum Gasteiger partial charge on any atom is -0.347 e. The van der Waals surface area contributed by atoms with Crippen LogP contribution in [0.4, 0.5) is 11.4 Å². The summed E-state index contributed by atoms with van der Waals surface area (Å²) in [5, 5.41) is 4.66. The van der Waals surface area contributed by atoms with Crippen LogP contribution in [0.5, 0.6) is 0 Å². The van der Waals surface area contributed by atoms with Gasteiger partial charge in [-0.15, -0.1) is 11.3 Å². The van der Waals surface area contributed by atoms with Crippen molar-refractivity contribution < 1.29 is 4.79 Å². The number of hydrogen-bond donors (Lipinski definition) is 2. The fraction of sp³-hybridized carbons (Fsp3) is 0.385. The van der Waals surface area contributed by atoms with E-state index in [0.717, 1.165) is 44.9 Å². The largest absolute Gasteiger partial charge is 0.347 e. The highest BCUT2D eigenvalue weighted by Gasteiger charge is 2.28. The Bertz CT molecular complexity index is 1240. The average Bonchev–Trinajstić information content (AvgIpc) is 3.41. The summed E-state index contributed by atoms with van der Waals surface area (Å²) in [5.41, 5.74) is 10.6. The zero-order valence-corrected chi connectivity index (χ0v) is 20.4. The predicted octanol–water partition coefficient (Wildman–Crippen LogP) is 4.64. The first kappa shape index (κ1) is 21.9. The van der Waals surface area contributed by atoms with Gasteiger partial charge in [0.1, 0.15) is 0 Å². The smallest absolute Gasteiger partial charge is 0.264 e. The van der Waals surface area contributed by atoms with Crippen LogP contribution in [0.15, 0.2) is 47.5 Å². The van der Waals surface area contributed by atoms with Gasteiger partial charge in [-0.1, -0.05) is 32.9 Å². The van der Waals surface area contributed by atoms with Crippen LogP contribution in [0.25, 0.3) is 10.1 Å². The molecule has 0 aliphatic carbocycles. The number of hydrogen-bond acceptors (Lipinski definition) is 6. The lowest BCUT2D eigenvalue weighted by atomic mass is 9.87. The molecule has 0 spiro atoms. The van der Waals surface area contributed by atoms with Crippen LogP contribution in [0.3, 0.4) is 0 Å². The summed E-state index contributed by atoms with van der Waals surface area (Å²) in [7, 11) is 2.05. The van der Waals surface area contributed by atoms with Crippen LogP contribution < -0.4 is 16.0 Å². The standard InChI is InChI=1S/C26H31N5OS/c1-26(2,3)17-6-5-7-19(12-17)29-25-28-14-16-8-9-21-20(23(16)30(25)4)13-22(33-21)24(32)31-11-10-18(27)15-31/h5-9,12-14,18,25,29H,10-11,15,27H2,1-4H3. The molecular weight excluding hydrogens is 430 g/mol. The molecule has 0 radical (unpaired) electrons. The summed E-state index contributed by atoms with van der Waals surface area (Å²) < 4.78 is 1.11. The maximum atomic E-state index is 13.1. The van der Waals surface area contributed by atoms with E-state index < -0.39 is 0 Å². The molecule has 33 heavy (non-hydrogen) atoms. The summed E-state index contributed by atoms with van der Waals surface area (Å²) in [5.74, 6) is 0.0821. The van der Waals surface area contributed by atoms with E-state index in [4.69, 9.17) is 10.7 Å². The van der Waals surface area contributed by atoms with Gasteiger partial charge in [0.25, 0.3) is 5.91 Å². The third-order valence-corrected chi connectivity index (χ3v) is 7.61. The normalized spacial score (nSPS) is 20.4. The van der Waals surface area contributed by atoms with Crippen LogP contribution >= 0.6 is 11.3 Å². The zero-order valence-electron chi connectivity index (χ0n) is 19.6. The number of carbonyl (C=O) groups excluding carboxylic acids is 1. The second-order valence-electron chi connectivity index (χ2n) is 10.1. The van der Waals surface area contributed by atoms with E-state index in [9.17, 15) is 4.79 Å². The number of carbonyl (C=O) groups is 1. The zero-order chi connectivity index (χ0) is 23.3. The predicted molar refractivity (Wildman–Crippen MR) is 139 cm³/mol. The van der Waals surface area contributed by atoms with Crippen LogP contribution in [0, 0.1) is 0 Å². The highest BCUT2D eigenvalue weighted by Crippen LogP contribution is 2.38. The SMILES string of the molecule is CN1c2c(ccc3sc(C(=O)N4CCC(N)C4)cc23)C=NC1Nc1cccc(C(C)(C)C)c1. The maximum absolute atomic E-state index is 13.1. The Morgan fingerprint density at radius 1 is 1.21 bits per heavy atom. The fourth-order valence-electron chi connectivity index (χ4n) is 4.58. The molecule has 172 valence electrons. The molecule has 1 aromatic heterocycles. The topological polar surface area (TPSA) is 74.0 Å². The number of benzene rings is 2. The first-order chi connectivity index (χ1) is 15.7. The summed E-state index contributed by atoms with van der Waals surface area (Å²) in [6, 6.07) is 14.8. The van der Waals surface area contributed by atoms with E-state index >= 15 is 0 Å². The highest BCUT2D eigenvalue weighted by atomic mass is 32.1. The molecule has 2 atom stereocenters. The Morgan fingerprint density at radius 2 is 2.03 bits per heavy atom. The van der Waals surface area contributed by atoms with E-state index in [1.54, 1.807) is 11.3 Å². The molecule has 0 bridgehead atoms. The third kappa shape index (κ3) is 4.11. The molecule has 3 N–H and O–H groups in total. The number of likely N-dealkylation sites (tertiary alicyclic amines) is 1. The van der Waals surface area contributed by atoms with Crippen LogP contribution in [0.2, 0.25) is 0 Å². The average molecular weight is 462 g/mol. The van der Waals surface area contributed by atoms with Crippen molar-refractivity contribution >= 4 is 44.9 Å². The third-order valence-electron chi connectivity index (χ3n) is 6.53. The summed E-state index contributed by atoms with van der Waals surface area (Å²) in [6.07, 6.45) is 2.57. The summed E-state index contributed by atoms with van der Waals surface area (Å²) in [4.78, 5) is 22.6.